The summed E-state index contributed by atoms with van der Waals surface area (Å²) >= 11 is 0. The van der Waals surface area contributed by atoms with Gasteiger partial charge in [0.1, 0.15) is 11.5 Å². The van der Waals surface area contributed by atoms with Gasteiger partial charge in [-0.25, -0.2) is 0 Å². The van der Waals surface area contributed by atoms with Gasteiger partial charge in [0.05, 0.1) is 0 Å². The van der Waals surface area contributed by atoms with Crippen LogP contribution in [0, 0.1) is 6.92 Å². The highest BCUT2D eigenvalue weighted by Crippen LogP contribution is 2.19. The quantitative estimate of drug-likeness (QED) is 0.791. The van der Waals surface area contributed by atoms with Gasteiger partial charge in [-0.2, -0.15) is 0 Å². The largest absolute Gasteiger partial charge is 0.462 e. The van der Waals surface area contributed by atoms with Gasteiger partial charge in [-0.15, -0.1) is 0 Å². The van der Waals surface area contributed by atoms with Crippen LogP contribution in [0.5, 0.6) is 0 Å². The fourth-order valence-electron chi connectivity index (χ4n) is 1.42. The summed E-state index contributed by atoms with van der Waals surface area (Å²) in [5, 5.41) is 3.47. The van der Waals surface area contributed by atoms with E-state index in [-0.39, 0.29) is 0 Å². The van der Waals surface area contributed by atoms with Gasteiger partial charge < -0.3 is 9.73 Å². The second kappa shape index (κ2) is 4.01. The maximum absolute atomic E-state index is 5.47. The molecule has 0 atom stereocenters. The maximum Gasteiger partial charge on any atom is 0.127 e. The minimum absolute atomic E-state index is 0.775. The average molecular weight is 191 g/mol. The molecule has 1 aromatic rings. The molecule has 14 heavy (non-hydrogen) atoms. The van der Waals surface area contributed by atoms with Crippen LogP contribution in [0.1, 0.15) is 31.3 Å². The zero-order valence-corrected chi connectivity index (χ0v) is 8.84. The minimum Gasteiger partial charge on any atom is -0.462 e. The lowest BCUT2D eigenvalue weighted by atomic mass is 10.2. The number of nitrogens with one attached hydrogen (secondary N) is 1. The minimum atomic E-state index is 0.775. The van der Waals surface area contributed by atoms with Gasteiger partial charge in [-0.3, -0.25) is 0 Å². The summed E-state index contributed by atoms with van der Waals surface area (Å²) in [5.41, 5.74) is 1.33. The summed E-state index contributed by atoms with van der Waals surface area (Å²) < 4.78 is 5.47. The summed E-state index contributed by atoms with van der Waals surface area (Å²) in [4.78, 5) is 0. The summed E-state index contributed by atoms with van der Waals surface area (Å²) in [6.07, 6.45) is 4.78. The molecule has 2 rings (SSSR count). The van der Waals surface area contributed by atoms with Crippen LogP contribution in [0.15, 0.2) is 22.1 Å². The smallest absolute Gasteiger partial charge is 0.127 e. The van der Waals surface area contributed by atoms with Crippen molar-refractivity contribution in [2.45, 2.75) is 32.7 Å². The maximum atomic E-state index is 5.47. The Bertz CT molecular complexity index is 334. The second-order valence-electron chi connectivity index (χ2n) is 4.09. The lowest BCUT2D eigenvalue weighted by molar-refractivity contribution is 0.524. The van der Waals surface area contributed by atoms with Crippen LogP contribution in [-0.2, 0) is 0 Å². The van der Waals surface area contributed by atoms with E-state index in [0.717, 1.165) is 24.1 Å². The predicted octanol–water partition coefficient (Wildman–Crippen LogP) is 2.74. The van der Waals surface area contributed by atoms with Crippen LogP contribution in [0.4, 0.5) is 0 Å². The monoisotopic (exact) mass is 191 g/mol. The van der Waals surface area contributed by atoms with Crippen molar-refractivity contribution in [2.75, 3.05) is 6.54 Å². The summed E-state index contributed by atoms with van der Waals surface area (Å²) in [5.74, 6) is 1.93. The van der Waals surface area contributed by atoms with E-state index in [9.17, 15) is 0 Å². The zero-order valence-electron chi connectivity index (χ0n) is 8.84. The standard InChI is InChI=1S/C12H17NO/c1-9(8-13-11-4-5-11)7-12-6-3-10(2)14-12/h3,6-7,11,13H,4-5,8H2,1-2H3. The molecule has 2 nitrogen and oxygen atoms in total. The Balaban J connectivity index is 1.88. The van der Waals surface area contributed by atoms with Crippen LogP contribution in [-0.4, -0.2) is 12.6 Å². The van der Waals surface area contributed by atoms with Crippen LogP contribution in [0.25, 0.3) is 6.08 Å². The first-order chi connectivity index (χ1) is 6.74. The molecule has 2 heteroatoms. The molecule has 1 fully saturated rings. The van der Waals surface area contributed by atoms with E-state index in [0.29, 0.717) is 0 Å². The van der Waals surface area contributed by atoms with Crippen molar-refractivity contribution >= 4 is 6.08 Å². The van der Waals surface area contributed by atoms with Crippen molar-refractivity contribution in [3.05, 3.63) is 29.2 Å². The molecule has 76 valence electrons. The Kier molecular flexibility index (Phi) is 2.73. The topological polar surface area (TPSA) is 25.2 Å². The SMILES string of the molecule is CC(=Cc1ccc(C)o1)CNC1CC1. The molecule has 0 radical (unpaired) electrons. The highest BCUT2D eigenvalue weighted by Gasteiger charge is 2.19. The van der Waals surface area contributed by atoms with E-state index >= 15 is 0 Å². The van der Waals surface area contributed by atoms with Gasteiger partial charge in [0, 0.05) is 12.6 Å². The molecule has 1 aromatic heterocycles. The Hall–Kier alpha value is -1.02. The van der Waals surface area contributed by atoms with Crippen molar-refractivity contribution in [1.82, 2.24) is 5.32 Å². The molecular weight excluding hydrogens is 174 g/mol. The van der Waals surface area contributed by atoms with E-state index < -0.39 is 0 Å². The van der Waals surface area contributed by atoms with Crippen LogP contribution < -0.4 is 5.32 Å². The molecule has 1 N–H and O–H groups in total. The second-order valence-corrected chi connectivity index (χ2v) is 4.09. The van der Waals surface area contributed by atoms with E-state index in [1.807, 2.05) is 19.1 Å². The predicted molar refractivity (Wildman–Crippen MR) is 58.1 cm³/mol. The van der Waals surface area contributed by atoms with Crippen molar-refractivity contribution in [1.29, 1.82) is 0 Å². The lowest BCUT2D eigenvalue weighted by Gasteiger charge is -2.01. The molecule has 0 amide bonds. The highest BCUT2D eigenvalue weighted by atomic mass is 16.3. The van der Waals surface area contributed by atoms with Gasteiger partial charge in [0.15, 0.2) is 0 Å². The summed E-state index contributed by atoms with van der Waals surface area (Å²) in [6.45, 7) is 5.08. The van der Waals surface area contributed by atoms with Crippen molar-refractivity contribution in [3.63, 3.8) is 0 Å². The van der Waals surface area contributed by atoms with Crippen molar-refractivity contribution in [3.8, 4) is 0 Å². The van der Waals surface area contributed by atoms with E-state index in [1.54, 1.807) is 0 Å². The summed E-state index contributed by atoms with van der Waals surface area (Å²) in [6, 6.07) is 4.78. The van der Waals surface area contributed by atoms with Crippen molar-refractivity contribution in [2.24, 2.45) is 0 Å². The third-order valence-corrected chi connectivity index (χ3v) is 2.40. The number of furan rings is 1. The third-order valence-electron chi connectivity index (χ3n) is 2.40. The molecule has 1 heterocycles. The number of hydrogen-bond donors (Lipinski definition) is 1. The van der Waals surface area contributed by atoms with E-state index in [1.165, 1.54) is 18.4 Å². The number of aryl methyl sites for hydroxylation is 1. The molecule has 0 aromatic carbocycles. The lowest BCUT2D eigenvalue weighted by Crippen LogP contribution is -2.18. The van der Waals surface area contributed by atoms with Gasteiger partial charge in [-0.05, 0) is 44.9 Å². The molecular formula is C12H17NO. The molecule has 0 saturated heterocycles. The highest BCUT2D eigenvalue weighted by molar-refractivity contribution is 5.47. The molecule has 0 spiro atoms. The van der Waals surface area contributed by atoms with E-state index in [4.69, 9.17) is 4.42 Å². The zero-order chi connectivity index (χ0) is 9.97. The van der Waals surface area contributed by atoms with E-state index in [2.05, 4.69) is 18.3 Å². The Morgan fingerprint density at radius 3 is 2.93 bits per heavy atom. The van der Waals surface area contributed by atoms with Gasteiger partial charge >= 0.3 is 0 Å². The van der Waals surface area contributed by atoms with Gasteiger partial charge in [0.25, 0.3) is 0 Å². The average Bonchev–Trinajstić information content (AvgIpc) is 2.88. The summed E-state index contributed by atoms with van der Waals surface area (Å²) in [7, 11) is 0. The van der Waals surface area contributed by atoms with Crippen LogP contribution in [0.3, 0.4) is 0 Å². The van der Waals surface area contributed by atoms with Gasteiger partial charge in [0.2, 0.25) is 0 Å². The third kappa shape index (κ3) is 2.74. The van der Waals surface area contributed by atoms with Crippen molar-refractivity contribution < 1.29 is 4.42 Å². The van der Waals surface area contributed by atoms with Gasteiger partial charge in [-0.1, -0.05) is 5.57 Å². The molecule has 0 bridgehead atoms. The first kappa shape index (κ1) is 9.53. The molecule has 0 aliphatic heterocycles. The van der Waals surface area contributed by atoms with Crippen LogP contribution in [0.2, 0.25) is 0 Å². The number of rotatable bonds is 4. The Morgan fingerprint density at radius 2 is 2.36 bits per heavy atom. The molecule has 0 unspecified atom stereocenters. The Labute approximate surface area is 85.0 Å². The fraction of sp³-hybridized carbons (Fsp3) is 0.500. The van der Waals surface area contributed by atoms with Crippen LogP contribution >= 0.6 is 0 Å². The molecule has 1 saturated carbocycles. The fourth-order valence-corrected chi connectivity index (χ4v) is 1.42. The Morgan fingerprint density at radius 1 is 1.57 bits per heavy atom. The first-order valence-electron chi connectivity index (χ1n) is 5.21. The normalized spacial score (nSPS) is 17.4. The number of hydrogen-bond acceptors (Lipinski definition) is 2. The molecule has 1 aliphatic rings. The first-order valence-corrected chi connectivity index (χ1v) is 5.21. The molecule has 1 aliphatic carbocycles.